The van der Waals surface area contributed by atoms with Gasteiger partial charge in [0.05, 0.1) is 23.8 Å². The van der Waals surface area contributed by atoms with Gasteiger partial charge in [0.25, 0.3) is 0 Å². The first kappa shape index (κ1) is 26.2. The Morgan fingerprint density at radius 1 is 0.925 bits per heavy atom. The van der Waals surface area contributed by atoms with Crippen molar-refractivity contribution in [1.29, 1.82) is 0 Å². The molecule has 0 aromatic heterocycles. The van der Waals surface area contributed by atoms with Gasteiger partial charge in [0.15, 0.2) is 6.17 Å². The van der Waals surface area contributed by atoms with Crippen LogP contribution in [0, 0.1) is 5.82 Å². The van der Waals surface area contributed by atoms with Crippen molar-refractivity contribution in [2.45, 2.75) is 43.9 Å². The summed E-state index contributed by atoms with van der Waals surface area (Å²) in [5.74, 6) is -0.0710. The molecule has 0 saturated heterocycles. The molecule has 0 bridgehead atoms. The summed E-state index contributed by atoms with van der Waals surface area (Å²) in [4.78, 5) is 3.45. The normalized spacial score (nSPS) is 15.2. The first-order valence-corrected chi connectivity index (χ1v) is 13.1. The van der Waals surface area contributed by atoms with E-state index in [0.717, 1.165) is 49.9 Å². The minimum Gasteiger partial charge on any atom is -0.507 e. The highest BCUT2D eigenvalue weighted by Crippen LogP contribution is 2.55. The van der Waals surface area contributed by atoms with E-state index in [0.29, 0.717) is 44.6 Å². The molecule has 206 valence electrons. The summed E-state index contributed by atoms with van der Waals surface area (Å²) in [5, 5.41) is 12.7. The number of benzene rings is 3. The van der Waals surface area contributed by atoms with E-state index in [-0.39, 0.29) is 22.8 Å². The molecule has 1 fully saturated rings. The molecule has 3 aromatic rings. The van der Waals surface area contributed by atoms with Crippen molar-refractivity contribution in [2.24, 2.45) is 0 Å². The Morgan fingerprint density at radius 3 is 2.23 bits per heavy atom. The van der Waals surface area contributed by atoms with E-state index in [9.17, 15) is 22.7 Å². The lowest BCUT2D eigenvalue weighted by atomic mass is 9.84. The fourth-order valence-corrected chi connectivity index (χ4v) is 6.10. The Kier molecular flexibility index (Phi) is 6.44. The van der Waals surface area contributed by atoms with Crippen molar-refractivity contribution in [3.8, 4) is 33.9 Å². The molecule has 2 N–H and O–H groups in total. The second kappa shape index (κ2) is 9.84. The molecule has 1 atom stereocenters. The second-order valence-corrected chi connectivity index (χ2v) is 10.3. The summed E-state index contributed by atoms with van der Waals surface area (Å²) in [6.45, 7) is 0. The van der Waals surface area contributed by atoms with Crippen LogP contribution in [0.15, 0.2) is 66.7 Å². The third kappa shape index (κ3) is 4.26. The molecule has 3 nitrogen and oxygen atoms in total. The smallest absolute Gasteiger partial charge is 0.416 e. The topological polar surface area (TPSA) is 45.2 Å². The van der Waals surface area contributed by atoms with Gasteiger partial charge in [0.2, 0.25) is 0 Å². The average Bonchev–Trinajstić information content (AvgIpc) is 3.59. The highest BCUT2D eigenvalue weighted by atomic mass is 19.4. The minimum absolute atomic E-state index is 0.0342. The largest absolute Gasteiger partial charge is 0.507 e. The van der Waals surface area contributed by atoms with Crippen LogP contribution in [0.4, 0.5) is 22.0 Å². The number of fused-ring (bicyclic) bond motifs is 3. The van der Waals surface area contributed by atoms with Gasteiger partial charge in [0, 0.05) is 27.8 Å². The molecule has 2 aliphatic carbocycles. The van der Waals surface area contributed by atoms with Crippen LogP contribution in [0.3, 0.4) is 0 Å². The van der Waals surface area contributed by atoms with Gasteiger partial charge in [0.1, 0.15) is 17.3 Å². The van der Waals surface area contributed by atoms with Gasteiger partial charge < -0.3 is 14.8 Å². The number of rotatable bonds is 5. The molecule has 1 heterocycles. The van der Waals surface area contributed by atoms with E-state index in [4.69, 9.17) is 4.74 Å². The maximum atomic E-state index is 16.8. The van der Waals surface area contributed by atoms with Crippen LogP contribution >= 0.6 is 0 Å². The predicted octanol–water partition coefficient (Wildman–Crippen LogP) is 9.53. The summed E-state index contributed by atoms with van der Waals surface area (Å²) in [5.41, 5.74) is 1.80. The first-order valence-electron chi connectivity index (χ1n) is 13.1. The monoisotopic (exact) mass is 551 g/mol. The Hall–Kier alpha value is -4.07. The zero-order chi connectivity index (χ0) is 28.2. The number of aromatic hydroxyl groups is 1. The fraction of sp³-hybridized carbons (Fsp3) is 0.250. The van der Waals surface area contributed by atoms with Crippen molar-refractivity contribution >= 4 is 10.8 Å². The average molecular weight is 552 g/mol. The molecule has 8 heteroatoms. The van der Waals surface area contributed by atoms with E-state index in [1.807, 2.05) is 0 Å². The molecule has 40 heavy (non-hydrogen) atoms. The van der Waals surface area contributed by atoms with Gasteiger partial charge in [-0.2, -0.15) is 13.2 Å². The van der Waals surface area contributed by atoms with Gasteiger partial charge >= 0.3 is 6.18 Å². The number of hydrogen-bond donors (Lipinski definition) is 2. The third-order valence-electron chi connectivity index (χ3n) is 7.99. The highest BCUT2D eigenvalue weighted by Gasteiger charge is 2.36. The standard InChI is InChI=1S/C32H26F5NO2/c1-40-23-8-4-7-22-25(23)30-27(31(22)39)24(17-11-15-21(33)16-12-17)26(29(38-30)19-5-2-3-6-19)28(34)18-9-13-20(14-10-18)32(35,36)37/h4,7-16,19,28,38-39H,2-3,5-6H2,1H3. The summed E-state index contributed by atoms with van der Waals surface area (Å²) in [7, 11) is 1.53. The molecule has 6 rings (SSSR count). The predicted molar refractivity (Wildman–Crippen MR) is 144 cm³/mol. The Morgan fingerprint density at radius 2 is 1.60 bits per heavy atom. The number of alkyl halides is 4. The van der Waals surface area contributed by atoms with Crippen LogP contribution < -0.4 is 4.74 Å². The van der Waals surface area contributed by atoms with Crippen LogP contribution in [0.25, 0.3) is 33.2 Å². The quantitative estimate of drug-likeness (QED) is 0.214. The number of pyridine rings is 1. The zero-order valence-electron chi connectivity index (χ0n) is 21.6. The van der Waals surface area contributed by atoms with Gasteiger partial charge in [-0.05, 0) is 60.2 Å². The molecule has 0 radical (unpaired) electrons. The van der Waals surface area contributed by atoms with Crippen LogP contribution in [-0.2, 0) is 6.18 Å². The highest BCUT2D eigenvalue weighted by molar-refractivity contribution is 6.13. The maximum Gasteiger partial charge on any atom is 0.416 e. The van der Waals surface area contributed by atoms with Gasteiger partial charge in [-0.25, -0.2) is 8.78 Å². The zero-order valence-corrected chi connectivity index (χ0v) is 21.6. The number of H-pyrrole nitrogens is 1. The second-order valence-electron chi connectivity index (χ2n) is 10.3. The molecule has 1 unspecified atom stereocenters. The molecule has 0 spiro atoms. The number of methoxy groups -OCH3 is 1. The fourth-order valence-electron chi connectivity index (χ4n) is 6.10. The third-order valence-corrected chi connectivity index (χ3v) is 7.99. The van der Waals surface area contributed by atoms with E-state index < -0.39 is 23.7 Å². The van der Waals surface area contributed by atoms with E-state index >= 15 is 4.39 Å². The first-order chi connectivity index (χ1) is 19.2. The number of halogens is 5. The number of hydrogen-bond acceptors (Lipinski definition) is 2. The van der Waals surface area contributed by atoms with Crippen LogP contribution in [0.2, 0.25) is 0 Å². The van der Waals surface area contributed by atoms with Crippen molar-refractivity contribution in [2.75, 3.05) is 7.11 Å². The van der Waals surface area contributed by atoms with Gasteiger partial charge in [-0.1, -0.05) is 49.2 Å². The van der Waals surface area contributed by atoms with Crippen molar-refractivity contribution < 1.29 is 31.8 Å². The molecule has 1 saturated carbocycles. The molecule has 3 aromatic carbocycles. The molecule has 3 aliphatic rings. The van der Waals surface area contributed by atoms with Crippen LogP contribution in [-0.4, -0.2) is 17.2 Å². The lowest BCUT2D eigenvalue weighted by molar-refractivity contribution is -0.137. The number of aromatic nitrogens is 1. The summed E-state index contributed by atoms with van der Waals surface area (Å²) >= 11 is 0. The minimum atomic E-state index is -4.55. The number of aromatic amines is 1. The Labute approximate surface area is 227 Å². The van der Waals surface area contributed by atoms with E-state index in [1.165, 1.54) is 31.4 Å². The summed E-state index contributed by atoms with van der Waals surface area (Å²) in [6.07, 6.45) is -2.85. The number of nitrogens with one attached hydrogen (secondary N) is 1. The Bertz CT molecular complexity index is 1650. The lowest BCUT2D eigenvalue weighted by Gasteiger charge is -2.26. The summed E-state index contributed by atoms with van der Waals surface area (Å²) in [6, 6.07) is 14.9. The van der Waals surface area contributed by atoms with E-state index in [1.54, 1.807) is 18.2 Å². The van der Waals surface area contributed by atoms with Crippen molar-refractivity contribution in [3.05, 3.63) is 94.9 Å². The van der Waals surface area contributed by atoms with Crippen molar-refractivity contribution in [3.63, 3.8) is 0 Å². The molecule has 0 amide bonds. The van der Waals surface area contributed by atoms with Gasteiger partial charge in [-0.3, -0.25) is 0 Å². The SMILES string of the molecule is COc1cccc2c(O)c3c(-c4ccc(F)cc4)c(C(F)c4ccc(C(F)(F)F)cc4)c(C4CCCC4)[nH]c-3c12. The Balaban J connectivity index is 1.71. The summed E-state index contributed by atoms with van der Waals surface area (Å²) < 4.78 is 76.2. The molecular weight excluding hydrogens is 525 g/mol. The van der Waals surface area contributed by atoms with Crippen molar-refractivity contribution in [1.82, 2.24) is 4.98 Å². The lowest BCUT2D eigenvalue weighted by Crippen LogP contribution is -2.11. The molecular formula is C32H26F5NO2. The van der Waals surface area contributed by atoms with Gasteiger partial charge in [-0.15, -0.1) is 0 Å². The van der Waals surface area contributed by atoms with Crippen LogP contribution in [0.1, 0.15) is 60.2 Å². The number of ether oxygens (including phenoxy) is 1. The van der Waals surface area contributed by atoms with E-state index in [2.05, 4.69) is 4.98 Å². The van der Waals surface area contributed by atoms with Crippen LogP contribution in [0.5, 0.6) is 11.5 Å². The molecule has 1 aliphatic heterocycles. The maximum absolute atomic E-state index is 16.8.